The maximum Gasteiger partial charge on any atom is 0.118 e. The zero-order valence-corrected chi connectivity index (χ0v) is 16.5. The molecule has 0 aromatic heterocycles. The van der Waals surface area contributed by atoms with E-state index in [1.807, 2.05) is 0 Å². The lowest BCUT2D eigenvalue weighted by Crippen LogP contribution is -2.38. The second-order valence-electron chi connectivity index (χ2n) is 7.04. The van der Waals surface area contributed by atoms with Crippen molar-refractivity contribution in [3.05, 3.63) is 115 Å². The summed E-state index contributed by atoms with van der Waals surface area (Å²) < 4.78 is 0. The van der Waals surface area contributed by atoms with Crippen molar-refractivity contribution in [2.75, 3.05) is 0 Å². The van der Waals surface area contributed by atoms with E-state index in [-0.39, 0.29) is 0 Å². The van der Waals surface area contributed by atoms with Gasteiger partial charge in [0.2, 0.25) is 0 Å². The van der Waals surface area contributed by atoms with Gasteiger partial charge in [-0.1, -0.05) is 72.8 Å². The second kappa shape index (κ2) is 8.51. The van der Waals surface area contributed by atoms with E-state index in [0.29, 0.717) is 5.66 Å². The molecule has 0 bridgehead atoms. The molecule has 1 aliphatic rings. The highest BCUT2D eigenvalue weighted by Crippen LogP contribution is 2.61. The fourth-order valence-electron chi connectivity index (χ4n) is 4.24. The standard InChI is InChI=1S/C26H26P/c1-2-7-15-23(16-8-3-1)27(24-17-9-4-10-18-24,25-19-11-5-12-20-25)26-21-13-6-14-22-26/h1-2,4-7,9-15,17-23H,3,8,16H2/q+1/b2-1-,15-7-. The Labute approximate surface area is 163 Å². The van der Waals surface area contributed by atoms with Crippen molar-refractivity contribution in [2.45, 2.75) is 24.9 Å². The highest BCUT2D eigenvalue weighted by Gasteiger charge is 2.50. The highest BCUT2D eigenvalue weighted by molar-refractivity contribution is 7.96. The van der Waals surface area contributed by atoms with Gasteiger partial charge in [-0.25, -0.2) is 0 Å². The molecule has 0 heterocycles. The number of hydrogen-bond donors (Lipinski definition) is 0. The van der Waals surface area contributed by atoms with Crippen molar-refractivity contribution >= 4 is 23.2 Å². The predicted octanol–water partition coefficient (Wildman–Crippen LogP) is 5.65. The summed E-state index contributed by atoms with van der Waals surface area (Å²) >= 11 is 0. The molecule has 27 heavy (non-hydrogen) atoms. The van der Waals surface area contributed by atoms with Crippen LogP contribution < -0.4 is 15.9 Å². The quantitative estimate of drug-likeness (QED) is 0.522. The fraction of sp³-hybridized carbons (Fsp3) is 0.154. The molecular formula is C26H26P+. The van der Waals surface area contributed by atoms with Crippen molar-refractivity contribution in [3.8, 4) is 0 Å². The molecule has 0 N–H and O–H groups in total. The Morgan fingerprint density at radius 1 is 0.593 bits per heavy atom. The van der Waals surface area contributed by atoms with E-state index in [1.165, 1.54) is 35.2 Å². The SMILES string of the molecule is C1=C\CCCC([P+](c2ccccc2)(c2ccccc2)c2ccccc2)\C=C/1. The molecule has 4 rings (SSSR count). The van der Waals surface area contributed by atoms with Crippen LogP contribution in [0.5, 0.6) is 0 Å². The predicted molar refractivity (Wildman–Crippen MR) is 121 cm³/mol. The molecule has 0 saturated carbocycles. The van der Waals surface area contributed by atoms with Crippen molar-refractivity contribution in [1.82, 2.24) is 0 Å². The maximum absolute atomic E-state index is 2.47. The average Bonchev–Trinajstić information content (AvgIpc) is 2.72. The fourth-order valence-corrected chi connectivity index (χ4v) is 9.14. The van der Waals surface area contributed by atoms with Crippen LogP contribution in [0.4, 0.5) is 0 Å². The third-order valence-corrected chi connectivity index (χ3v) is 10.2. The van der Waals surface area contributed by atoms with Gasteiger partial charge in [-0.05, 0) is 61.7 Å². The van der Waals surface area contributed by atoms with Crippen LogP contribution in [-0.2, 0) is 0 Å². The lowest BCUT2D eigenvalue weighted by Gasteiger charge is -2.33. The molecule has 0 amide bonds. The van der Waals surface area contributed by atoms with Crippen molar-refractivity contribution < 1.29 is 0 Å². The third-order valence-electron chi connectivity index (χ3n) is 5.44. The summed E-state index contributed by atoms with van der Waals surface area (Å²) in [6.07, 6.45) is 12.9. The van der Waals surface area contributed by atoms with Crippen LogP contribution in [0.1, 0.15) is 19.3 Å². The monoisotopic (exact) mass is 369 g/mol. The molecule has 0 spiro atoms. The van der Waals surface area contributed by atoms with Gasteiger partial charge in [-0.2, -0.15) is 0 Å². The Kier molecular flexibility index (Phi) is 5.66. The second-order valence-corrected chi connectivity index (χ2v) is 10.7. The first-order chi connectivity index (χ1) is 13.4. The molecule has 134 valence electrons. The summed E-state index contributed by atoms with van der Waals surface area (Å²) in [5.41, 5.74) is 0.509. The van der Waals surface area contributed by atoms with Gasteiger partial charge in [0.25, 0.3) is 0 Å². The summed E-state index contributed by atoms with van der Waals surface area (Å²) in [4.78, 5) is 0. The number of benzene rings is 3. The Balaban J connectivity index is 2.03. The van der Waals surface area contributed by atoms with E-state index in [1.54, 1.807) is 0 Å². The van der Waals surface area contributed by atoms with Gasteiger partial charge in [0, 0.05) is 0 Å². The molecule has 0 aliphatic heterocycles. The minimum absolute atomic E-state index is 0.509. The van der Waals surface area contributed by atoms with Gasteiger partial charge < -0.3 is 0 Å². The summed E-state index contributed by atoms with van der Waals surface area (Å²) in [5.74, 6) is 0. The first kappa shape index (κ1) is 18.0. The lowest BCUT2D eigenvalue weighted by molar-refractivity contribution is 0.763. The van der Waals surface area contributed by atoms with Crippen LogP contribution in [0, 0.1) is 0 Å². The van der Waals surface area contributed by atoms with Gasteiger partial charge in [0.1, 0.15) is 28.8 Å². The van der Waals surface area contributed by atoms with Crippen molar-refractivity contribution in [1.29, 1.82) is 0 Å². The van der Waals surface area contributed by atoms with Crippen LogP contribution in [0.25, 0.3) is 0 Å². The molecule has 0 nitrogen and oxygen atoms in total. The zero-order chi connectivity index (χ0) is 18.4. The van der Waals surface area contributed by atoms with E-state index in [0.717, 1.165) is 0 Å². The van der Waals surface area contributed by atoms with Crippen molar-refractivity contribution in [3.63, 3.8) is 0 Å². The Morgan fingerprint density at radius 2 is 1.07 bits per heavy atom. The smallest absolute Gasteiger partial charge is 0.0845 e. The summed E-state index contributed by atoms with van der Waals surface area (Å²) in [5, 5.41) is 4.42. The van der Waals surface area contributed by atoms with E-state index in [9.17, 15) is 0 Å². The molecule has 0 radical (unpaired) electrons. The van der Waals surface area contributed by atoms with Crippen molar-refractivity contribution in [2.24, 2.45) is 0 Å². The molecule has 1 aliphatic carbocycles. The molecule has 0 saturated heterocycles. The minimum Gasteiger partial charge on any atom is -0.0845 e. The molecule has 1 heteroatoms. The average molecular weight is 369 g/mol. The lowest BCUT2D eigenvalue weighted by atomic mass is 10.1. The third kappa shape index (κ3) is 3.55. The molecular weight excluding hydrogens is 343 g/mol. The first-order valence-electron chi connectivity index (χ1n) is 9.81. The summed E-state index contributed by atoms with van der Waals surface area (Å²) in [6.45, 7) is 0. The summed E-state index contributed by atoms with van der Waals surface area (Å²) in [7, 11) is -1.80. The Hall–Kier alpha value is -2.43. The van der Waals surface area contributed by atoms with Crippen LogP contribution in [0.3, 0.4) is 0 Å². The number of rotatable bonds is 4. The molecule has 3 aromatic rings. The van der Waals surface area contributed by atoms with Gasteiger partial charge in [0.05, 0.1) is 0 Å². The van der Waals surface area contributed by atoms with Gasteiger partial charge in [-0.15, -0.1) is 0 Å². The Morgan fingerprint density at radius 3 is 1.56 bits per heavy atom. The molecule has 3 aromatic carbocycles. The van der Waals surface area contributed by atoms with E-state index in [2.05, 4.69) is 115 Å². The molecule has 1 unspecified atom stereocenters. The van der Waals surface area contributed by atoms with Gasteiger partial charge in [-0.3, -0.25) is 0 Å². The topological polar surface area (TPSA) is 0 Å². The largest absolute Gasteiger partial charge is 0.118 e. The number of allylic oxidation sites excluding steroid dienone is 4. The maximum atomic E-state index is 2.47. The Bertz CT molecular complexity index is 798. The molecule has 0 fully saturated rings. The summed E-state index contributed by atoms with van der Waals surface area (Å²) in [6, 6.07) is 33.6. The van der Waals surface area contributed by atoms with Crippen LogP contribution in [0.2, 0.25) is 0 Å². The zero-order valence-electron chi connectivity index (χ0n) is 15.6. The highest BCUT2D eigenvalue weighted by atomic mass is 31.2. The normalized spacial score (nSPS) is 19.6. The van der Waals surface area contributed by atoms with E-state index >= 15 is 0 Å². The molecule has 1 atom stereocenters. The van der Waals surface area contributed by atoms with E-state index < -0.39 is 7.26 Å². The minimum atomic E-state index is -1.80. The van der Waals surface area contributed by atoms with Gasteiger partial charge in [0.15, 0.2) is 0 Å². The van der Waals surface area contributed by atoms with E-state index in [4.69, 9.17) is 0 Å². The van der Waals surface area contributed by atoms with Crippen LogP contribution in [-0.4, -0.2) is 5.66 Å². The first-order valence-corrected chi connectivity index (χ1v) is 11.7. The number of hydrogen-bond acceptors (Lipinski definition) is 0. The van der Waals surface area contributed by atoms with Gasteiger partial charge >= 0.3 is 0 Å². The van der Waals surface area contributed by atoms with Crippen LogP contribution in [0.15, 0.2) is 115 Å². The van der Waals surface area contributed by atoms with Crippen LogP contribution >= 0.6 is 7.26 Å².